The van der Waals surface area contributed by atoms with Crippen LogP contribution in [-0.2, 0) is 13.1 Å². The molecule has 0 aliphatic rings. The summed E-state index contributed by atoms with van der Waals surface area (Å²) in [7, 11) is 0. The quantitative estimate of drug-likeness (QED) is 0.360. The second kappa shape index (κ2) is 7.45. The molecule has 0 amide bonds. The third kappa shape index (κ3) is 4.93. The molecule has 2 heterocycles. The average molecular weight is 295 g/mol. The van der Waals surface area contributed by atoms with E-state index >= 15 is 0 Å². The predicted octanol–water partition coefficient (Wildman–Crippen LogP) is -0.576. The highest BCUT2D eigenvalue weighted by molar-refractivity contribution is 5.20. The van der Waals surface area contributed by atoms with Crippen molar-refractivity contribution in [2.45, 2.75) is 25.6 Å². The highest BCUT2D eigenvalue weighted by Crippen LogP contribution is 2.07. The van der Waals surface area contributed by atoms with E-state index in [0.717, 1.165) is 25.7 Å². The number of hydrogen-bond acceptors (Lipinski definition) is 7. The summed E-state index contributed by atoms with van der Waals surface area (Å²) in [6.45, 7) is 2.10. The molecule has 0 spiro atoms. The number of aliphatic hydroxyl groups excluding tert-OH is 1. The molecule has 0 fully saturated rings. The lowest BCUT2D eigenvalue weighted by Gasteiger charge is -2.11. The Balaban J connectivity index is 1.60. The van der Waals surface area contributed by atoms with Crippen LogP contribution in [0.25, 0.3) is 0 Å². The van der Waals surface area contributed by atoms with Crippen LogP contribution in [0.1, 0.15) is 6.42 Å². The molecule has 10 nitrogen and oxygen atoms in total. The van der Waals surface area contributed by atoms with E-state index in [0.29, 0.717) is 6.54 Å². The molecule has 0 saturated heterocycles. The van der Waals surface area contributed by atoms with Crippen LogP contribution in [0.4, 0.5) is 5.69 Å². The van der Waals surface area contributed by atoms with Crippen molar-refractivity contribution in [1.29, 1.82) is 0 Å². The number of hydrogen-bond donors (Lipinski definition) is 2. The fourth-order valence-corrected chi connectivity index (χ4v) is 1.81. The molecule has 2 N–H and O–H groups in total. The lowest BCUT2D eigenvalue weighted by Crippen LogP contribution is -2.31. The molecule has 114 valence electrons. The van der Waals surface area contributed by atoms with Gasteiger partial charge in [0.2, 0.25) is 0 Å². The molecule has 2 rings (SSSR count). The third-order valence-electron chi connectivity index (χ3n) is 2.82. The smallest absolute Gasteiger partial charge is 0.306 e. The minimum Gasteiger partial charge on any atom is -0.390 e. The van der Waals surface area contributed by atoms with Gasteiger partial charge in [0.1, 0.15) is 12.4 Å². The maximum atomic E-state index is 10.5. The second-order valence-electron chi connectivity index (χ2n) is 4.56. The third-order valence-corrected chi connectivity index (χ3v) is 2.82. The molecule has 2 aromatic heterocycles. The first-order chi connectivity index (χ1) is 10.1. The van der Waals surface area contributed by atoms with Crippen LogP contribution in [0.3, 0.4) is 0 Å². The first kappa shape index (κ1) is 15.1. The molecule has 0 aliphatic heterocycles. The fraction of sp³-hybridized carbons (Fsp3) is 0.545. The van der Waals surface area contributed by atoms with Gasteiger partial charge in [0.15, 0.2) is 0 Å². The number of rotatable bonds is 9. The second-order valence-corrected chi connectivity index (χ2v) is 4.56. The van der Waals surface area contributed by atoms with E-state index in [1.807, 2.05) is 0 Å². The predicted molar refractivity (Wildman–Crippen MR) is 72.4 cm³/mol. The van der Waals surface area contributed by atoms with Crippen molar-refractivity contribution in [3.8, 4) is 0 Å². The van der Waals surface area contributed by atoms with Crippen LogP contribution in [0, 0.1) is 10.1 Å². The average Bonchev–Trinajstić information content (AvgIpc) is 3.09. The first-order valence-electron chi connectivity index (χ1n) is 6.55. The Morgan fingerprint density at radius 2 is 2.33 bits per heavy atom. The highest BCUT2D eigenvalue weighted by atomic mass is 16.6. The summed E-state index contributed by atoms with van der Waals surface area (Å²) in [5.74, 6) is 0. The number of nitrogens with zero attached hydrogens (tertiary/aromatic N) is 6. The number of aryl methyl sites for hydroxylation is 1. The van der Waals surface area contributed by atoms with Gasteiger partial charge in [-0.15, -0.1) is 5.10 Å². The molecule has 0 bridgehead atoms. The summed E-state index contributed by atoms with van der Waals surface area (Å²) >= 11 is 0. The summed E-state index contributed by atoms with van der Waals surface area (Å²) in [4.78, 5) is 9.99. The van der Waals surface area contributed by atoms with E-state index in [2.05, 4.69) is 20.7 Å². The summed E-state index contributed by atoms with van der Waals surface area (Å²) in [5.41, 5.74) is -0.0806. The Kier molecular flexibility index (Phi) is 5.35. The molecule has 10 heteroatoms. The van der Waals surface area contributed by atoms with Crippen molar-refractivity contribution in [3.05, 3.63) is 34.9 Å². The maximum absolute atomic E-state index is 10.5. The summed E-state index contributed by atoms with van der Waals surface area (Å²) in [5, 5.41) is 34.8. The largest absolute Gasteiger partial charge is 0.390 e. The maximum Gasteiger partial charge on any atom is 0.306 e. The lowest BCUT2D eigenvalue weighted by atomic mass is 10.3. The van der Waals surface area contributed by atoms with Gasteiger partial charge >= 0.3 is 5.69 Å². The van der Waals surface area contributed by atoms with Crippen molar-refractivity contribution < 1.29 is 10.0 Å². The van der Waals surface area contributed by atoms with E-state index in [9.17, 15) is 15.2 Å². The van der Waals surface area contributed by atoms with Crippen LogP contribution in [-0.4, -0.2) is 54.0 Å². The SMILES string of the molecule is O=[N+]([O-])c1cnn(CC(O)CNCCCn2ccnn2)c1. The number of aliphatic hydroxyl groups is 1. The zero-order valence-electron chi connectivity index (χ0n) is 11.4. The molecular formula is C11H17N7O3. The van der Waals surface area contributed by atoms with E-state index in [-0.39, 0.29) is 12.2 Å². The minimum atomic E-state index is -0.657. The van der Waals surface area contributed by atoms with Crippen LogP contribution >= 0.6 is 0 Å². The van der Waals surface area contributed by atoms with Gasteiger partial charge < -0.3 is 10.4 Å². The van der Waals surface area contributed by atoms with Gasteiger partial charge in [0, 0.05) is 19.3 Å². The molecule has 21 heavy (non-hydrogen) atoms. The molecule has 0 radical (unpaired) electrons. The fourth-order valence-electron chi connectivity index (χ4n) is 1.81. The van der Waals surface area contributed by atoms with E-state index in [1.165, 1.54) is 10.9 Å². The lowest BCUT2D eigenvalue weighted by molar-refractivity contribution is -0.385. The summed E-state index contributed by atoms with van der Waals surface area (Å²) < 4.78 is 3.10. The molecule has 0 saturated carbocycles. The van der Waals surface area contributed by atoms with Crippen LogP contribution in [0.5, 0.6) is 0 Å². The summed E-state index contributed by atoms with van der Waals surface area (Å²) in [6, 6.07) is 0. The van der Waals surface area contributed by atoms with Crippen molar-refractivity contribution in [2.24, 2.45) is 0 Å². The van der Waals surface area contributed by atoms with Crippen molar-refractivity contribution in [2.75, 3.05) is 13.1 Å². The zero-order chi connectivity index (χ0) is 15.1. The van der Waals surface area contributed by atoms with Crippen molar-refractivity contribution >= 4 is 5.69 Å². The molecule has 0 aromatic carbocycles. The summed E-state index contributed by atoms with van der Waals surface area (Å²) in [6.07, 6.45) is 6.09. The Morgan fingerprint density at radius 1 is 1.48 bits per heavy atom. The van der Waals surface area contributed by atoms with E-state index < -0.39 is 11.0 Å². The Hall–Kier alpha value is -2.33. The molecule has 1 atom stereocenters. The van der Waals surface area contributed by atoms with Gasteiger partial charge in [-0.3, -0.25) is 19.5 Å². The van der Waals surface area contributed by atoms with Crippen molar-refractivity contribution in [3.63, 3.8) is 0 Å². The number of nitro groups is 1. The van der Waals surface area contributed by atoms with Gasteiger partial charge in [-0.1, -0.05) is 5.21 Å². The first-order valence-corrected chi connectivity index (χ1v) is 6.55. The molecule has 1 unspecified atom stereocenters. The Bertz CT molecular complexity index is 554. The standard InChI is InChI=1S/C11H17N7O3/c19-11(9-17-8-10(6-14-17)18(20)21)7-12-2-1-4-16-5-3-13-15-16/h3,5-6,8,11-12,19H,1-2,4,7,9H2. The molecule has 0 aliphatic carbocycles. The van der Waals surface area contributed by atoms with E-state index in [1.54, 1.807) is 17.1 Å². The highest BCUT2D eigenvalue weighted by Gasteiger charge is 2.11. The minimum absolute atomic E-state index is 0.0806. The Morgan fingerprint density at radius 3 is 3.00 bits per heavy atom. The number of aromatic nitrogens is 5. The molecular weight excluding hydrogens is 278 g/mol. The monoisotopic (exact) mass is 295 g/mol. The molecule has 2 aromatic rings. The van der Waals surface area contributed by atoms with Gasteiger partial charge in [0.05, 0.1) is 23.8 Å². The normalized spacial score (nSPS) is 12.4. The number of nitrogens with one attached hydrogen (secondary N) is 1. The topological polar surface area (TPSA) is 124 Å². The zero-order valence-corrected chi connectivity index (χ0v) is 11.4. The van der Waals surface area contributed by atoms with E-state index in [4.69, 9.17) is 0 Å². The van der Waals surface area contributed by atoms with Gasteiger partial charge in [-0.05, 0) is 13.0 Å². The van der Waals surface area contributed by atoms with Crippen LogP contribution in [0.15, 0.2) is 24.8 Å². The van der Waals surface area contributed by atoms with Crippen LogP contribution in [0.2, 0.25) is 0 Å². The van der Waals surface area contributed by atoms with Gasteiger partial charge in [-0.2, -0.15) is 5.10 Å². The van der Waals surface area contributed by atoms with Gasteiger partial charge in [0.25, 0.3) is 0 Å². The Labute approximate surface area is 120 Å². The van der Waals surface area contributed by atoms with Gasteiger partial charge in [-0.25, -0.2) is 0 Å². The van der Waals surface area contributed by atoms with Crippen LogP contribution < -0.4 is 5.32 Å². The van der Waals surface area contributed by atoms with Crippen molar-refractivity contribution in [1.82, 2.24) is 30.1 Å².